The van der Waals surface area contributed by atoms with Crippen molar-refractivity contribution in [1.82, 2.24) is 5.32 Å². The van der Waals surface area contributed by atoms with Crippen LogP contribution in [0.5, 0.6) is 0 Å². The van der Waals surface area contributed by atoms with Crippen molar-refractivity contribution in [3.05, 3.63) is 34.4 Å². The minimum atomic E-state index is -1.63. The first-order valence-electron chi connectivity index (χ1n) is 5.16. The quantitative estimate of drug-likeness (QED) is 0.712. The molecule has 1 aromatic carbocycles. The zero-order valence-corrected chi connectivity index (χ0v) is 10.2. The molecule has 104 valence electrons. The minimum Gasteiger partial charge on any atom is -0.479 e. The van der Waals surface area contributed by atoms with E-state index in [1.807, 2.05) is 0 Å². The van der Waals surface area contributed by atoms with Crippen LogP contribution in [0.3, 0.4) is 0 Å². The Kier molecular flexibility index (Phi) is 5.20. The average molecular weight is 294 g/mol. The summed E-state index contributed by atoms with van der Waals surface area (Å²) in [5.74, 6) is -4.30. The lowest BCUT2D eigenvalue weighted by Gasteiger charge is -2.08. The van der Waals surface area contributed by atoms with E-state index in [-0.39, 0.29) is 13.0 Å². The number of carboxylic acids is 1. The first-order chi connectivity index (χ1) is 8.82. The summed E-state index contributed by atoms with van der Waals surface area (Å²) < 4.78 is 26.4. The van der Waals surface area contributed by atoms with E-state index in [2.05, 4.69) is 5.32 Å². The van der Waals surface area contributed by atoms with Crippen LogP contribution in [0.2, 0.25) is 5.02 Å². The Labute approximate surface area is 111 Å². The fourth-order valence-corrected chi connectivity index (χ4v) is 1.39. The summed E-state index contributed by atoms with van der Waals surface area (Å²) in [6, 6.07) is 1.30. The van der Waals surface area contributed by atoms with Gasteiger partial charge in [0.25, 0.3) is 5.91 Å². The van der Waals surface area contributed by atoms with Crippen molar-refractivity contribution >= 4 is 23.5 Å². The van der Waals surface area contributed by atoms with Crippen molar-refractivity contribution < 1.29 is 28.6 Å². The van der Waals surface area contributed by atoms with Crippen LogP contribution in [0.1, 0.15) is 16.8 Å². The molecule has 1 rings (SSSR count). The molecule has 0 aliphatic carbocycles. The monoisotopic (exact) mass is 293 g/mol. The van der Waals surface area contributed by atoms with E-state index in [0.29, 0.717) is 12.1 Å². The number of carbonyl (C=O) groups excluding carboxylic acids is 1. The van der Waals surface area contributed by atoms with Gasteiger partial charge >= 0.3 is 5.97 Å². The molecule has 3 N–H and O–H groups in total. The second kappa shape index (κ2) is 6.44. The third-order valence-corrected chi connectivity index (χ3v) is 2.53. The number of aliphatic carboxylic acids is 1. The van der Waals surface area contributed by atoms with Crippen LogP contribution in [0.4, 0.5) is 8.78 Å². The van der Waals surface area contributed by atoms with E-state index in [1.54, 1.807) is 0 Å². The van der Waals surface area contributed by atoms with Crippen molar-refractivity contribution in [1.29, 1.82) is 0 Å². The van der Waals surface area contributed by atoms with E-state index < -0.39 is 40.2 Å². The normalized spacial score (nSPS) is 12.0. The number of aliphatic hydroxyl groups excluding tert-OH is 1. The number of halogens is 3. The molecule has 0 fully saturated rings. The van der Waals surface area contributed by atoms with Gasteiger partial charge in [0.15, 0.2) is 6.10 Å². The Bertz CT molecular complexity index is 510. The molecular formula is C11H10ClF2NO4. The van der Waals surface area contributed by atoms with Crippen LogP contribution in [0.15, 0.2) is 12.1 Å². The summed E-state index contributed by atoms with van der Waals surface area (Å²) in [6.07, 6.45) is -1.88. The molecule has 0 heterocycles. The SMILES string of the molecule is O=C(NCCC(O)C(=O)O)c1cc(F)c(Cl)cc1F. The van der Waals surface area contributed by atoms with E-state index in [1.165, 1.54) is 0 Å². The van der Waals surface area contributed by atoms with Crippen molar-refractivity contribution in [2.75, 3.05) is 6.54 Å². The maximum Gasteiger partial charge on any atom is 0.332 e. The predicted molar refractivity (Wildman–Crippen MR) is 62.0 cm³/mol. The van der Waals surface area contributed by atoms with Crippen molar-refractivity contribution in [2.45, 2.75) is 12.5 Å². The summed E-state index contributed by atoms with van der Waals surface area (Å²) in [6.45, 7) is -0.198. The van der Waals surface area contributed by atoms with Gasteiger partial charge in [-0.25, -0.2) is 13.6 Å². The number of carbonyl (C=O) groups is 2. The minimum absolute atomic E-state index is 0.198. The summed E-state index contributed by atoms with van der Waals surface area (Å²) in [5.41, 5.74) is -0.549. The molecule has 0 spiro atoms. The molecule has 1 aromatic rings. The van der Waals surface area contributed by atoms with Gasteiger partial charge in [0.05, 0.1) is 10.6 Å². The smallest absolute Gasteiger partial charge is 0.332 e. The van der Waals surface area contributed by atoms with Crippen LogP contribution in [0.25, 0.3) is 0 Å². The van der Waals surface area contributed by atoms with E-state index in [0.717, 1.165) is 0 Å². The van der Waals surface area contributed by atoms with Crippen molar-refractivity contribution in [3.8, 4) is 0 Å². The van der Waals surface area contributed by atoms with E-state index in [4.69, 9.17) is 21.8 Å². The average Bonchev–Trinajstić information content (AvgIpc) is 2.33. The second-order valence-corrected chi connectivity index (χ2v) is 4.05. The summed E-state index contributed by atoms with van der Waals surface area (Å²) >= 11 is 5.33. The number of amides is 1. The highest BCUT2D eigenvalue weighted by Gasteiger charge is 2.17. The number of benzene rings is 1. The third-order valence-electron chi connectivity index (χ3n) is 2.24. The Balaban J connectivity index is 2.64. The molecule has 0 saturated carbocycles. The predicted octanol–water partition coefficient (Wildman–Crippen LogP) is 1.18. The van der Waals surface area contributed by atoms with Gasteiger partial charge in [0.1, 0.15) is 11.6 Å². The van der Waals surface area contributed by atoms with Crippen LogP contribution < -0.4 is 5.32 Å². The van der Waals surface area contributed by atoms with Gasteiger partial charge in [-0.3, -0.25) is 4.79 Å². The van der Waals surface area contributed by atoms with Crippen LogP contribution in [-0.2, 0) is 4.79 Å². The Morgan fingerprint density at radius 1 is 1.32 bits per heavy atom. The Hall–Kier alpha value is -1.73. The summed E-state index contributed by atoms with van der Waals surface area (Å²) in [4.78, 5) is 21.8. The van der Waals surface area contributed by atoms with Crippen LogP contribution in [-0.4, -0.2) is 34.7 Å². The molecular weight excluding hydrogens is 284 g/mol. The zero-order valence-electron chi connectivity index (χ0n) is 9.49. The molecule has 0 radical (unpaired) electrons. The van der Waals surface area contributed by atoms with Crippen molar-refractivity contribution in [3.63, 3.8) is 0 Å². The van der Waals surface area contributed by atoms with Crippen LogP contribution >= 0.6 is 11.6 Å². The number of hydrogen-bond donors (Lipinski definition) is 3. The molecule has 0 bridgehead atoms. The molecule has 1 atom stereocenters. The molecule has 19 heavy (non-hydrogen) atoms. The van der Waals surface area contributed by atoms with Gasteiger partial charge in [0.2, 0.25) is 0 Å². The fourth-order valence-electron chi connectivity index (χ4n) is 1.24. The van der Waals surface area contributed by atoms with Gasteiger partial charge in [0, 0.05) is 13.0 Å². The largest absolute Gasteiger partial charge is 0.479 e. The number of rotatable bonds is 5. The number of carboxylic acid groups (broad SMARTS) is 1. The third kappa shape index (κ3) is 4.15. The maximum absolute atomic E-state index is 13.3. The molecule has 5 nitrogen and oxygen atoms in total. The molecule has 8 heteroatoms. The highest BCUT2D eigenvalue weighted by molar-refractivity contribution is 6.30. The Morgan fingerprint density at radius 3 is 2.53 bits per heavy atom. The number of nitrogens with one attached hydrogen (secondary N) is 1. The number of aliphatic hydroxyl groups is 1. The highest BCUT2D eigenvalue weighted by atomic mass is 35.5. The molecule has 0 aliphatic rings. The topological polar surface area (TPSA) is 86.6 Å². The molecule has 0 aliphatic heterocycles. The van der Waals surface area contributed by atoms with Crippen molar-refractivity contribution in [2.24, 2.45) is 0 Å². The first-order valence-corrected chi connectivity index (χ1v) is 5.54. The highest BCUT2D eigenvalue weighted by Crippen LogP contribution is 2.19. The zero-order chi connectivity index (χ0) is 14.6. The fraction of sp³-hybridized carbons (Fsp3) is 0.273. The molecule has 0 saturated heterocycles. The lowest BCUT2D eigenvalue weighted by molar-refractivity contribution is -0.146. The summed E-state index contributed by atoms with van der Waals surface area (Å²) in [5, 5.41) is 19.0. The maximum atomic E-state index is 13.3. The van der Waals surface area contributed by atoms with Gasteiger partial charge in [-0.05, 0) is 12.1 Å². The second-order valence-electron chi connectivity index (χ2n) is 3.64. The number of hydrogen-bond acceptors (Lipinski definition) is 3. The van der Waals surface area contributed by atoms with Gasteiger partial charge < -0.3 is 15.5 Å². The Morgan fingerprint density at radius 2 is 1.95 bits per heavy atom. The molecule has 1 unspecified atom stereocenters. The van der Waals surface area contributed by atoms with Gasteiger partial charge in [-0.1, -0.05) is 11.6 Å². The lowest BCUT2D eigenvalue weighted by Crippen LogP contribution is -2.30. The van der Waals surface area contributed by atoms with Crippen LogP contribution in [0, 0.1) is 11.6 Å². The molecule has 1 amide bonds. The summed E-state index contributed by atoms with van der Waals surface area (Å²) in [7, 11) is 0. The first kappa shape index (κ1) is 15.3. The molecule has 0 aromatic heterocycles. The van der Waals surface area contributed by atoms with Gasteiger partial charge in [-0.15, -0.1) is 0 Å². The standard InChI is InChI=1S/C11H10ClF2NO4/c12-6-4-7(13)5(3-8(6)14)10(17)15-2-1-9(16)11(18)19/h3-4,9,16H,1-2H2,(H,15,17)(H,18,19). The van der Waals surface area contributed by atoms with Gasteiger partial charge in [-0.2, -0.15) is 0 Å². The lowest BCUT2D eigenvalue weighted by atomic mass is 10.2. The van der Waals surface area contributed by atoms with E-state index >= 15 is 0 Å². The van der Waals surface area contributed by atoms with E-state index in [9.17, 15) is 18.4 Å².